The van der Waals surface area contributed by atoms with E-state index in [0.717, 1.165) is 11.3 Å². The zero-order valence-electron chi connectivity index (χ0n) is 6.71. The number of benzene rings is 1. The van der Waals surface area contributed by atoms with Crippen LogP contribution in [0.2, 0.25) is 0 Å². The van der Waals surface area contributed by atoms with Crippen molar-refractivity contribution in [3.63, 3.8) is 0 Å². The van der Waals surface area contributed by atoms with E-state index in [1.54, 1.807) is 0 Å². The number of para-hydroxylation sites is 1. The third-order valence-electron chi connectivity index (χ3n) is 1.42. The molecule has 0 aromatic heterocycles. The highest BCUT2D eigenvalue weighted by atomic mass is 35.7. The van der Waals surface area contributed by atoms with E-state index >= 15 is 0 Å². The molecule has 0 saturated carbocycles. The van der Waals surface area contributed by atoms with Crippen molar-refractivity contribution in [1.29, 1.82) is 0 Å². The molecule has 1 unspecified atom stereocenters. The zero-order valence-corrected chi connectivity index (χ0v) is 8.47. The first kappa shape index (κ1) is 9.79. The number of rotatable bonds is 4. The lowest BCUT2D eigenvalue weighted by molar-refractivity contribution is 0.139. The summed E-state index contributed by atoms with van der Waals surface area (Å²) >= 11 is 5.33. The predicted octanol–water partition coefficient (Wildman–Crippen LogP) is 3.10. The van der Waals surface area contributed by atoms with Gasteiger partial charge in [-0.05, 0) is 18.6 Å². The van der Waals surface area contributed by atoms with E-state index in [1.807, 2.05) is 31.2 Å². The van der Waals surface area contributed by atoms with Crippen LogP contribution in [-0.2, 0) is 4.52 Å². The fourth-order valence-corrected chi connectivity index (χ4v) is 1.07. The predicted molar refractivity (Wildman–Crippen MR) is 51.9 cm³/mol. The molecule has 0 aliphatic carbocycles. The van der Waals surface area contributed by atoms with E-state index in [4.69, 9.17) is 20.5 Å². The molecule has 0 spiro atoms. The van der Waals surface area contributed by atoms with Gasteiger partial charge in [-0.2, -0.15) is 0 Å². The summed E-state index contributed by atoms with van der Waals surface area (Å²) in [5.74, 6) is 0.840. The largest absolute Gasteiger partial charge is 0.467 e. The summed E-state index contributed by atoms with van der Waals surface area (Å²) in [5.41, 5.74) is 1.10. The van der Waals surface area contributed by atoms with Gasteiger partial charge in [0, 0.05) is 0 Å². The minimum absolute atomic E-state index is 0.0465. The van der Waals surface area contributed by atoms with Crippen molar-refractivity contribution in [3.05, 3.63) is 29.8 Å². The van der Waals surface area contributed by atoms with E-state index in [1.165, 1.54) is 0 Å². The zero-order chi connectivity index (χ0) is 8.81. The van der Waals surface area contributed by atoms with Crippen LogP contribution in [0.25, 0.3) is 0 Å². The molecular formula is C8H10ClO2P. The molecular weight excluding hydrogens is 195 g/mol. The average molecular weight is 205 g/mol. The van der Waals surface area contributed by atoms with Crippen LogP contribution in [-0.4, -0.2) is 6.79 Å². The van der Waals surface area contributed by atoms with E-state index in [9.17, 15) is 0 Å². The van der Waals surface area contributed by atoms with Gasteiger partial charge in [0.2, 0.25) is 0 Å². The molecule has 0 saturated heterocycles. The van der Waals surface area contributed by atoms with Gasteiger partial charge in [0.05, 0.1) is 0 Å². The second-order valence-corrected chi connectivity index (χ2v) is 3.16. The molecule has 0 N–H and O–H groups in total. The summed E-state index contributed by atoms with van der Waals surface area (Å²) in [6, 6.07) is 7.77. The van der Waals surface area contributed by atoms with Crippen LogP contribution in [0.4, 0.5) is 0 Å². The van der Waals surface area contributed by atoms with Crippen LogP contribution in [0.15, 0.2) is 24.3 Å². The number of aryl methyl sites for hydroxylation is 1. The van der Waals surface area contributed by atoms with Gasteiger partial charge in [0.25, 0.3) is 0 Å². The third kappa shape index (κ3) is 2.98. The Morgan fingerprint density at radius 3 is 2.83 bits per heavy atom. The molecule has 0 aliphatic rings. The van der Waals surface area contributed by atoms with E-state index < -0.39 is 0 Å². The fraction of sp³-hybridized carbons (Fsp3) is 0.250. The van der Waals surface area contributed by atoms with E-state index in [-0.39, 0.29) is 15.0 Å². The normalized spacial score (nSPS) is 10.8. The van der Waals surface area contributed by atoms with Crippen molar-refractivity contribution in [1.82, 2.24) is 0 Å². The van der Waals surface area contributed by atoms with Gasteiger partial charge in [-0.25, -0.2) is 0 Å². The molecule has 66 valence electrons. The van der Waals surface area contributed by atoms with Crippen LogP contribution in [0.1, 0.15) is 5.56 Å². The molecule has 2 nitrogen and oxygen atoms in total. The number of halogens is 1. The second kappa shape index (κ2) is 5.36. The summed E-state index contributed by atoms with van der Waals surface area (Å²) in [5, 5.41) is 0. The first-order valence-corrected chi connectivity index (χ1v) is 5.42. The first-order valence-electron chi connectivity index (χ1n) is 3.50. The minimum Gasteiger partial charge on any atom is -0.467 e. The van der Waals surface area contributed by atoms with Crippen molar-refractivity contribution in [2.45, 2.75) is 6.92 Å². The standard InChI is InChI=1S/C8H10ClO2P/c1-7-4-2-3-5-8(7)10-6-11-12-9/h2-5,12H,6H2,1H3. The van der Waals surface area contributed by atoms with Gasteiger partial charge >= 0.3 is 0 Å². The molecule has 0 amide bonds. The quantitative estimate of drug-likeness (QED) is 0.426. The first-order chi connectivity index (χ1) is 5.84. The highest BCUT2D eigenvalue weighted by molar-refractivity contribution is 7.64. The highest BCUT2D eigenvalue weighted by Crippen LogP contribution is 2.20. The SMILES string of the molecule is Cc1ccccc1OCOPCl. The van der Waals surface area contributed by atoms with Crippen molar-refractivity contribution in [2.75, 3.05) is 6.79 Å². The number of hydrogen-bond donors (Lipinski definition) is 0. The van der Waals surface area contributed by atoms with Crippen molar-refractivity contribution >= 4 is 19.4 Å². The van der Waals surface area contributed by atoms with E-state index in [0.29, 0.717) is 0 Å². The lowest BCUT2D eigenvalue weighted by Gasteiger charge is -2.06. The van der Waals surface area contributed by atoms with Crippen LogP contribution in [0.3, 0.4) is 0 Å². The molecule has 1 atom stereocenters. The summed E-state index contributed by atoms with van der Waals surface area (Å²) in [6.45, 7) is 2.20. The molecule has 1 rings (SSSR count). The molecule has 0 radical (unpaired) electrons. The fourth-order valence-electron chi connectivity index (χ4n) is 0.834. The summed E-state index contributed by atoms with van der Waals surface area (Å²) < 4.78 is 10.1. The molecule has 0 fully saturated rings. The molecule has 1 aromatic rings. The second-order valence-electron chi connectivity index (χ2n) is 2.25. The topological polar surface area (TPSA) is 18.5 Å². The Labute approximate surface area is 78.5 Å². The number of ether oxygens (including phenoxy) is 1. The molecule has 0 bridgehead atoms. The van der Waals surface area contributed by atoms with Crippen LogP contribution >= 0.6 is 19.4 Å². The van der Waals surface area contributed by atoms with E-state index in [2.05, 4.69) is 0 Å². The van der Waals surface area contributed by atoms with Gasteiger partial charge in [-0.1, -0.05) is 29.4 Å². The van der Waals surface area contributed by atoms with Crippen LogP contribution in [0.5, 0.6) is 5.75 Å². The van der Waals surface area contributed by atoms with Crippen LogP contribution in [0, 0.1) is 6.92 Å². The Morgan fingerprint density at radius 2 is 2.17 bits per heavy atom. The maximum atomic E-state index is 5.33. The van der Waals surface area contributed by atoms with Gasteiger partial charge in [0.15, 0.2) is 6.79 Å². The Hall–Kier alpha value is -0.300. The molecule has 0 heterocycles. The van der Waals surface area contributed by atoms with Crippen molar-refractivity contribution < 1.29 is 9.26 Å². The Kier molecular flexibility index (Phi) is 4.37. The lowest BCUT2D eigenvalue weighted by Crippen LogP contribution is -1.97. The lowest BCUT2D eigenvalue weighted by atomic mass is 10.2. The average Bonchev–Trinajstić information content (AvgIpc) is 2.09. The third-order valence-corrected chi connectivity index (χ3v) is 1.98. The monoisotopic (exact) mass is 204 g/mol. The van der Waals surface area contributed by atoms with Gasteiger partial charge < -0.3 is 9.26 Å². The van der Waals surface area contributed by atoms with Gasteiger partial charge in [0.1, 0.15) is 13.9 Å². The maximum Gasteiger partial charge on any atom is 0.193 e. The smallest absolute Gasteiger partial charge is 0.193 e. The minimum atomic E-state index is -0.0465. The Morgan fingerprint density at radius 1 is 1.42 bits per heavy atom. The Bertz CT molecular complexity index is 242. The number of hydrogen-bond acceptors (Lipinski definition) is 2. The highest BCUT2D eigenvalue weighted by Gasteiger charge is 1.95. The summed E-state index contributed by atoms with van der Waals surface area (Å²) in [7, 11) is -0.0465. The molecule has 1 aromatic carbocycles. The van der Waals surface area contributed by atoms with Crippen molar-refractivity contribution in [2.24, 2.45) is 0 Å². The summed E-state index contributed by atoms with van der Waals surface area (Å²) in [4.78, 5) is 0. The molecule has 12 heavy (non-hydrogen) atoms. The maximum absolute atomic E-state index is 5.33. The molecule has 0 aliphatic heterocycles. The Balaban J connectivity index is 2.46. The van der Waals surface area contributed by atoms with Gasteiger partial charge in [-0.15, -0.1) is 0 Å². The van der Waals surface area contributed by atoms with Crippen molar-refractivity contribution in [3.8, 4) is 5.75 Å². The van der Waals surface area contributed by atoms with Crippen LogP contribution < -0.4 is 4.74 Å². The molecule has 4 heteroatoms. The summed E-state index contributed by atoms with van der Waals surface area (Å²) in [6.07, 6.45) is 0. The van der Waals surface area contributed by atoms with Gasteiger partial charge in [-0.3, -0.25) is 0 Å².